The fraction of sp³-hybridized carbons (Fsp3) is 0.827. The van der Waals surface area contributed by atoms with Crippen molar-refractivity contribution in [2.24, 2.45) is 0 Å². The monoisotopic (exact) mass is 1240 g/mol. The van der Waals surface area contributed by atoms with E-state index < -0.39 is 232 Å². The predicted molar refractivity (Wildman–Crippen MR) is 273 cm³/mol. The Morgan fingerprint density at radius 3 is 1.50 bits per heavy atom. The van der Waals surface area contributed by atoms with Crippen LogP contribution in [0.15, 0.2) is 0 Å². The molecule has 0 aliphatic carbocycles. The topological polar surface area (TPSA) is 440 Å². The molecule has 0 spiro atoms. The number of nitrogens with one attached hydrogen (secondary N) is 4. The minimum atomic E-state index is -2.71. The van der Waals surface area contributed by atoms with Gasteiger partial charge in [-0.25, -0.2) is 38.4 Å². The normalized spacial score (nSPS) is 38.0. The molecule has 0 saturated carbocycles. The number of methoxy groups -OCH3 is 5. The Kier molecular flexibility index (Phi) is 20.2. The van der Waals surface area contributed by atoms with Gasteiger partial charge in [0.2, 0.25) is 0 Å². The van der Waals surface area contributed by atoms with Crippen LogP contribution in [0.25, 0.3) is 0 Å². The third-order valence-corrected chi connectivity index (χ3v) is 17.1. The van der Waals surface area contributed by atoms with Crippen LogP contribution in [-0.4, -0.2) is 262 Å². The third kappa shape index (κ3) is 12.8. The summed E-state index contributed by atoms with van der Waals surface area (Å²) in [6, 6.07) is -4.35. The van der Waals surface area contributed by atoms with Crippen molar-refractivity contribution < 1.29 is 144 Å². The van der Waals surface area contributed by atoms with Gasteiger partial charge in [0.1, 0.15) is 67.1 Å². The maximum atomic E-state index is 14.0. The first kappa shape index (κ1) is 65.9. The number of ether oxygens (including phenoxy) is 17. The second-order valence-electron chi connectivity index (χ2n) is 22.1. The van der Waals surface area contributed by atoms with Crippen molar-refractivity contribution in [2.75, 3.05) is 55.4 Å². The van der Waals surface area contributed by atoms with Crippen LogP contribution < -0.4 is 21.3 Å². The number of carbonyl (C=O) groups is 9. The standard InChI is InChI=1S/C52H76N4O30/c1-10-23(70-5)14-48(11-2)39-31(82-47(69)56-39)18-52(86-48,43(65)74-9)75-19-24(78-22(4)57)13-27-32-29(80-44(66)53-32)16-50(83-27,41(63)72-7)76-20-26(59)36(61)38-34-30(81-46(68)55-34)17-51(85-38,42(64)73-8)77-21-25(58)35(60)37-33-28(79-45(67)54-33)15-49(12-3,84-37)40(62)71-6/h23-39,58-61H,10-21H2,1-9H3,(H,53,66)(H,54,67)(H,55,68)(H,56,69). The molecule has 8 aliphatic rings. The Morgan fingerprint density at radius 2 is 1.00 bits per heavy atom. The van der Waals surface area contributed by atoms with Crippen LogP contribution in [-0.2, 0) is 104 Å². The summed E-state index contributed by atoms with van der Waals surface area (Å²) >= 11 is 0. The van der Waals surface area contributed by atoms with Gasteiger partial charge in [-0.3, -0.25) is 4.79 Å². The number of esters is 5. The van der Waals surface area contributed by atoms with Crippen LogP contribution >= 0.6 is 0 Å². The fourth-order valence-electron chi connectivity index (χ4n) is 12.7. The highest BCUT2D eigenvalue weighted by Crippen LogP contribution is 2.47. The number of carbonyl (C=O) groups excluding carboxylic acids is 9. The van der Waals surface area contributed by atoms with Gasteiger partial charge in [-0.05, 0) is 19.3 Å². The molecule has 8 saturated heterocycles. The average molecular weight is 1240 g/mol. The lowest BCUT2D eigenvalue weighted by Crippen LogP contribution is -2.68. The van der Waals surface area contributed by atoms with E-state index in [1.165, 1.54) is 7.11 Å². The van der Waals surface area contributed by atoms with Crippen LogP contribution in [0.2, 0.25) is 0 Å². The highest BCUT2D eigenvalue weighted by molar-refractivity contribution is 5.82. The van der Waals surface area contributed by atoms with E-state index in [1.54, 1.807) is 13.8 Å². The molecule has 34 heteroatoms. The van der Waals surface area contributed by atoms with Crippen molar-refractivity contribution in [3.8, 4) is 0 Å². The first-order valence-corrected chi connectivity index (χ1v) is 28.1. The summed E-state index contributed by atoms with van der Waals surface area (Å²) in [6.45, 7) is 3.55. The molecule has 0 radical (unpaired) electrons. The molecule has 22 unspecified atom stereocenters. The molecule has 34 nitrogen and oxygen atoms in total. The second-order valence-corrected chi connectivity index (χ2v) is 22.1. The molecule has 22 atom stereocenters. The molecule has 0 aromatic carbocycles. The number of alkyl carbamates (subject to hydrolysis) is 4. The van der Waals surface area contributed by atoms with Crippen molar-refractivity contribution >= 4 is 54.2 Å². The van der Waals surface area contributed by atoms with Crippen molar-refractivity contribution in [1.29, 1.82) is 0 Å². The molecule has 484 valence electrons. The van der Waals surface area contributed by atoms with E-state index in [4.69, 9.17) is 80.5 Å². The first-order chi connectivity index (χ1) is 40.8. The van der Waals surface area contributed by atoms with Crippen LogP contribution in [0.5, 0.6) is 0 Å². The number of aliphatic hydroxyl groups excluding tert-OH is 4. The van der Waals surface area contributed by atoms with E-state index in [9.17, 15) is 63.6 Å². The maximum absolute atomic E-state index is 14.0. The number of fused-ring (bicyclic) bond motifs is 4. The Hall–Kier alpha value is -6.05. The molecule has 8 rings (SSSR count). The summed E-state index contributed by atoms with van der Waals surface area (Å²) in [5, 5.41) is 57.2. The van der Waals surface area contributed by atoms with Gasteiger partial charge in [0.25, 0.3) is 17.4 Å². The molecule has 0 aromatic heterocycles. The van der Waals surface area contributed by atoms with Crippen molar-refractivity contribution in [3.05, 3.63) is 0 Å². The predicted octanol–water partition coefficient (Wildman–Crippen LogP) is -2.61. The SMILES string of the molecule is CCC(CC1(CC)OC(OCC(CC2OC(OCC(O)C(O)C3OC(OCC(O)C(O)C4OC(CC)(C(=O)OC)CC5OC(=O)NC54)(C(=O)OC)CC4OC(=O)NC43)(C(=O)OC)CC3OC(=O)NC32)OC(C)=O)(C(=O)OC)CC2OC(=O)NC21)OC. The molecule has 8 heterocycles. The number of rotatable bonds is 26. The molecule has 0 aromatic rings. The smallest absolute Gasteiger partial charge is 0.407 e. The van der Waals surface area contributed by atoms with E-state index in [0.717, 1.165) is 35.4 Å². The zero-order valence-electron chi connectivity index (χ0n) is 48.7. The zero-order valence-corrected chi connectivity index (χ0v) is 48.7. The summed E-state index contributed by atoms with van der Waals surface area (Å²) in [7, 11) is 5.58. The van der Waals surface area contributed by atoms with E-state index in [2.05, 4.69) is 21.3 Å². The van der Waals surface area contributed by atoms with Crippen molar-refractivity contribution in [2.45, 2.75) is 218 Å². The van der Waals surface area contributed by atoms with Crippen molar-refractivity contribution in [1.82, 2.24) is 21.3 Å². The minimum Gasteiger partial charge on any atom is -0.467 e. The molecule has 8 aliphatic heterocycles. The van der Waals surface area contributed by atoms with Gasteiger partial charge < -0.3 is 122 Å². The molecular formula is C52H76N4O30. The van der Waals surface area contributed by atoms with E-state index >= 15 is 0 Å². The Balaban J connectivity index is 1.01. The van der Waals surface area contributed by atoms with E-state index in [0.29, 0.717) is 6.42 Å². The van der Waals surface area contributed by atoms with Crippen LogP contribution in [0.4, 0.5) is 19.2 Å². The number of hydrogen-bond donors (Lipinski definition) is 8. The maximum Gasteiger partial charge on any atom is 0.407 e. The lowest BCUT2D eigenvalue weighted by Gasteiger charge is -2.51. The van der Waals surface area contributed by atoms with Gasteiger partial charge in [0, 0.05) is 33.3 Å². The van der Waals surface area contributed by atoms with Crippen molar-refractivity contribution in [3.63, 3.8) is 0 Å². The van der Waals surface area contributed by atoms with Gasteiger partial charge in [0.05, 0.1) is 109 Å². The number of hydrogen-bond acceptors (Lipinski definition) is 30. The molecular weight excluding hydrogens is 1160 g/mol. The Morgan fingerprint density at radius 1 is 0.547 bits per heavy atom. The highest BCUT2D eigenvalue weighted by Gasteiger charge is 2.66. The summed E-state index contributed by atoms with van der Waals surface area (Å²) in [6.07, 6.45) is -25.1. The van der Waals surface area contributed by atoms with Gasteiger partial charge in [0.15, 0.2) is 5.60 Å². The quantitative estimate of drug-likeness (QED) is 0.0325. The van der Waals surface area contributed by atoms with Gasteiger partial charge in [-0.2, -0.15) is 0 Å². The Bertz CT molecular complexity index is 2540. The van der Waals surface area contributed by atoms with Gasteiger partial charge in [-0.15, -0.1) is 0 Å². The van der Waals surface area contributed by atoms with E-state index in [1.807, 2.05) is 6.92 Å². The summed E-state index contributed by atoms with van der Waals surface area (Å²) < 4.78 is 97.1. The summed E-state index contributed by atoms with van der Waals surface area (Å²) in [5.74, 6) is -13.0. The van der Waals surface area contributed by atoms with Gasteiger partial charge in [-0.1, -0.05) is 20.8 Å². The lowest BCUT2D eigenvalue weighted by molar-refractivity contribution is -0.331. The minimum absolute atomic E-state index is 0.0126. The fourth-order valence-corrected chi connectivity index (χ4v) is 12.7. The second kappa shape index (κ2) is 26.3. The van der Waals surface area contributed by atoms with E-state index in [-0.39, 0.29) is 25.7 Å². The largest absolute Gasteiger partial charge is 0.467 e. The van der Waals surface area contributed by atoms with Crippen LogP contribution in [0.3, 0.4) is 0 Å². The number of aliphatic hydroxyl groups is 4. The zero-order chi connectivity index (χ0) is 62.8. The lowest BCUT2D eigenvalue weighted by atomic mass is 9.77. The molecule has 4 amide bonds. The molecule has 8 N–H and O–H groups in total. The number of amides is 4. The molecule has 8 fully saturated rings. The van der Waals surface area contributed by atoms with Gasteiger partial charge >= 0.3 is 54.2 Å². The first-order valence-electron chi connectivity index (χ1n) is 28.1. The molecule has 86 heavy (non-hydrogen) atoms. The molecule has 0 bridgehead atoms. The highest BCUT2D eigenvalue weighted by atomic mass is 16.8. The Labute approximate surface area is 491 Å². The van der Waals surface area contributed by atoms with Crippen LogP contribution in [0, 0.1) is 0 Å². The van der Waals surface area contributed by atoms with Crippen LogP contribution in [0.1, 0.15) is 85.5 Å². The average Bonchev–Trinajstić information content (AvgIpc) is 1.55. The third-order valence-electron chi connectivity index (χ3n) is 17.1. The summed E-state index contributed by atoms with van der Waals surface area (Å²) in [5.41, 5.74) is -3.09. The summed E-state index contributed by atoms with van der Waals surface area (Å²) in [4.78, 5) is 118.